The van der Waals surface area contributed by atoms with E-state index in [4.69, 9.17) is 0 Å². The third-order valence-corrected chi connectivity index (χ3v) is 4.30. The van der Waals surface area contributed by atoms with Crippen LogP contribution >= 0.6 is 0 Å². The lowest BCUT2D eigenvalue weighted by Gasteiger charge is -2.03. The highest BCUT2D eigenvalue weighted by Crippen LogP contribution is 2.13. The normalized spacial score (nSPS) is 11.1. The molecule has 0 fully saturated rings. The van der Waals surface area contributed by atoms with E-state index in [0.29, 0.717) is 0 Å². The minimum atomic E-state index is -0.131. The molecule has 0 aromatic heterocycles. The van der Waals surface area contributed by atoms with E-state index in [-0.39, 0.29) is 6.67 Å². The molecule has 0 saturated carbocycles. The Kier molecular flexibility index (Phi) is 19.9. The van der Waals surface area contributed by atoms with Gasteiger partial charge in [-0.15, -0.1) is 0 Å². The topological polar surface area (TPSA) is 0 Å². The van der Waals surface area contributed by atoms with Crippen molar-refractivity contribution in [3.05, 3.63) is 6.42 Å². The van der Waals surface area contributed by atoms with Crippen molar-refractivity contribution >= 4 is 0 Å². The zero-order valence-corrected chi connectivity index (χ0v) is 14.7. The molecule has 0 atom stereocenters. The molecule has 1 radical (unpaired) electrons. The van der Waals surface area contributed by atoms with Gasteiger partial charge >= 0.3 is 0 Å². The molecule has 0 aliphatic carbocycles. The first-order valence-electron chi connectivity index (χ1n) is 9.79. The molecule has 0 rings (SSSR count). The van der Waals surface area contributed by atoms with Gasteiger partial charge in [0, 0.05) is 0 Å². The number of hydrogen-bond donors (Lipinski definition) is 0. The van der Waals surface area contributed by atoms with Gasteiger partial charge in [-0.05, 0) is 12.8 Å². The van der Waals surface area contributed by atoms with Gasteiger partial charge in [0.05, 0.1) is 6.67 Å². The number of rotatable bonds is 18. The lowest BCUT2D eigenvalue weighted by Crippen LogP contribution is -1.84. The highest BCUT2D eigenvalue weighted by atomic mass is 19.1. The highest BCUT2D eigenvalue weighted by Gasteiger charge is 1.94. The fraction of sp³-hybridized carbons (Fsp3) is 0.950. The Bertz CT molecular complexity index is 149. The molecular weight excluding hydrogens is 259 g/mol. The van der Waals surface area contributed by atoms with Crippen LogP contribution in [-0.2, 0) is 0 Å². The first-order valence-corrected chi connectivity index (χ1v) is 9.79. The smallest absolute Gasteiger partial charge is 0.0894 e. The first-order chi connectivity index (χ1) is 10.4. The van der Waals surface area contributed by atoms with Crippen LogP contribution in [0.15, 0.2) is 0 Å². The molecule has 0 amide bonds. The zero-order chi connectivity index (χ0) is 15.4. The van der Waals surface area contributed by atoms with Crippen molar-refractivity contribution in [1.29, 1.82) is 0 Å². The van der Waals surface area contributed by atoms with Crippen molar-refractivity contribution in [1.82, 2.24) is 0 Å². The number of alkyl halides is 1. The van der Waals surface area contributed by atoms with Gasteiger partial charge in [-0.2, -0.15) is 0 Å². The summed E-state index contributed by atoms with van der Waals surface area (Å²) < 4.78 is 11.9. The predicted octanol–water partition coefficient (Wildman–Crippen LogP) is 7.81. The second kappa shape index (κ2) is 19.9. The molecule has 0 spiro atoms. The standard InChI is InChI=1S/C20H40F/c1-2-3-4-5-6-7-8-9-10-11-12-13-14-15-16-17-18-19-20-21/h11H,2-10,12-20H2,1H3. The van der Waals surface area contributed by atoms with Gasteiger partial charge in [-0.3, -0.25) is 4.39 Å². The van der Waals surface area contributed by atoms with E-state index in [1.807, 2.05) is 0 Å². The van der Waals surface area contributed by atoms with E-state index in [2.05, 4.69) is 13.3 Å². The third-order valence-electron chi connectivity index (χ3n) is 4.30. The van der Waals surface area contributed by atoms with E-state index < -0.39 is 0 Å². The summed E-state index contributed by atoms with van der Waals surface area (Å²) in [5, 5.41) is 0. The van der Waals surface area contributed by atoms with Crippen LogP contribution < -0.4 is 0 Å². The van der Waals surface area contributed by atoms with E-state index in [1.165, 1.54) is 96.3 Å². The maximum Gasteiger partial charge on any atom is 0.0894 e. The molecule has 0 aliphatic heterocycles. The summed E-state index contributed by atoms with van der Waals surface area (Å²) in [6.07, 6.45) is 25.0. The fourth-order valence-electron chi connectivity index (χ4n) is 2.83. The monoisotopic (exact) mass is 299 g/mol. The highest BCUT2D eigenvalue weighted by molar-refractivity contribution is 4.64. The van der Waals surface area contributed by atoms with Crippen molar-refractivity contribution in [3.63, 3.8) is 0 Å². The molecule has 0 aromatic carbocycles. The molecule has 0 aliphatic rings. The molecule has 1 heteroatoms. The molecule has 0 unspecified atom stereocenters. The van der Waals surface area contributed by atoms with Crippen LogP contribution in [0.4, 0.5) is 4.39 Å². The van der Waals surface area contributed by atoms with Gasteiger partial charge in [0.15, 0.2) is 0 Å². The van der Waals surface area contributed by atoms with Crippen molar-refractivity contribution in [2.75, 3.05) is 6.67 Å². The fourth-order valence-corrected chi connectivity index (χ4v) is 2.83. The van der Waals surface area contributed by atoms with E-state index in [1.54, 1.807) is 0 Å². The van der Waals surface area contributed by atoms with Crippen LogP contribution in [-0.4, -0.2) is 6.67 Å². The number of unbranched alkanes of at least 4 members (excludes halogenated alkanes) is 17. The largest absolute Gasteiger partial charge is 0.251 e. The third kappa shape index (κ3) is 19.9. The summed E-state index contributed by atoms with van der Waals surface area (Å²) in [5.74, 6) is 0. The van der Waals surface area contributed by atoms with E-state index in [0.717, 1.165) is 12.8 Å². The Labute approximate surface area is 134 Å². The predicted molar refractivity (Wildman–Crippen MR) is 94.4 cm³/mol. The SMILES string of the molecule is CCCCCCCCCC[CH]CCCCCCCCCF. The van der Waals surface area contributed by atoms with Crippen LogP contribution in [0.2, 0.25) is 0 Å². The van der Waals surface area contributed by atoms with Gasteiger partial charge < -0.3 is 0 Å². The second-order valence-corrected chi connectivity index (χ2v) is 6.50. The van der Waals surface area contributed by atoms with Crippen LogP contribution in [0.25, 0.3) is 0 Å². The van der Waals surface area contributed by atoms with E-state index >= 15 is 0 Å². The molecule has 0 saturated heterocycles. The van der Waals surface area contributed by atoms with Gasteiger partial charge in [0.25, 0.3) is 0 Å². The maximum atomic E-state index is 11.9. The maximum absolute atomic E-state index is 11.9. The second-order valence-electron chi connectivity index (χ2n) is 6.50. The van der Waals surface area contributed by atoms with Crippen LogP contribution in [0.5, 0.6) is 0 Å². The molecule has 127 valence electrons. The summed E-state index contributed by atoms with van der Waals surface area (Å²) >= 11 is 0. The van der Waals surface area contributed by atoms with Crippen LogP contribution in [0.3, 0.4) is 0 Å². The van der Waals surface area contributed by atoms with Crippen molar-refractivity contribution < 1.29 is 4.39 Å². The summed E-state index contributed by atoms with van der Waals surface area (Å²) in [6, 6.07) is 0. The Hall–Kier alpha value is -0.0700. The molecule has 0 aromatic rings. The quantitative estimate of drug-likeness (QED) is 0.226. The minimum absolute atomic E-state index is 0.131. The average molecular weight is 300 g/mol. The van der Waals surface area contributed by atoms with E-state index in [9.17, 15) is 4.39 Å². The Morgan fingerprint density at radius 3 is 1.33 bits per heavy atom. The summed E-state index contributed by atoms with van der Waals surface area (Å²) in [7, 11) is 0. The number of halogens is 1. The Balaban J connectivity index is 2.90. The lowest BCUT2D eigenvalue weighted by atomic mass is 10.0. The molecule has 0 nitrogen and oxygen atoms in total. The average Bonchev–Trinajstić information content (AvgIpc) is 2.50. The summed E-state index contributed by atoms with van der Waals surface area (Å²) in [4.78, 5) is 0. The van der Waals surface area contributed by atoms with Crippen LogP contribution in [0, 0.1) is 6.42 Å². The molecule has 0 heterocycles. The van der Waals surface area contributed by atoms with Gasteiger partial charge in [0.1, 0.15) is 0 Å². The zero-order valence-electron chi connectivity index (χ0n) is 14.7. The lowest BCUT2D eigenvalue weighted by molar-refractivity contribution is 0.449. The minimum Gasteiger partial charge on any atom is -0.251 e. The van der Waals surface area contributed by atoms with Crippen LogP contribution in [0.1, 0.15) is 116 Å². The van der Waals surface area contributed by atoms with Gasteiger partial charge in [-0.1, -0.05) is 110 Å². The molecule has 0 bridgehead atoms. The molecular formula is C20H40F. The summed E-state index contributed by atoms with van der Waals surface area (Å²) in [5.41, 5.74) is 0. The first kappa shape index (κ1) is 20.9. The molecule has 21 heavy (non-hydrogen) atoms. The van der Waals surface area contributed by atoms with Gasteiger partial charge in [-0.25, -0.2) is 0 Å². The van der Waals surface area contributed by atoms with Crippen molar-refractivity contribution in [2.45, 2.75) is 116 Å². The Morgan fingerprint density at radius 1 is 0.524 bits per heavy atom. The Morgan fingerprint density at radius 2 is 0.905 bits per heavy atom. The van der Waals surface area contributed by atoms with Gasteiger partial charge in [0.2, 0.25) is 0 Å². The van der Waals surface area contributed by atoms with Crippen molar-refractivity contribution in [3.8, 4) is 0 Å². The summed E-state index contributed by atoms with van der Waals surface area (Å²) in [6.45, 7) is 2.15. The van der Waals surface area contributed by atoms with Crippen molar-refractivity contribution in [2.24, 2.45) is 0 Å². The number of hydrogen-bond acceptors (Lipinski definition) is 0. The molecule has 0 N–H and O–H groups in total.